The molecule has 0 radical (unpaired) electrons. The molecule has 2 atom stereocenters. The first-order valence-electron chi connectivity index (χ1n) is 9.46. The summed E-state index contributed by atoms with van der Waals surface area (Å²) in [7, 11) is 0. The van der Waals surface area contributed by atoms with Crippen LogP contribution in [0.1, 0.15) is 19.3 Å². The first kappa shape index (κ1) is 14.7. The third kappa shape index (κ3) is 2.18. The maximum atomic E-state index is 5.65. The third-order valence-corrected chi connectivity index (χ3v) is 6.38. The predicted octanol–water partition coefficient (Wildman–Crippen LogP) is 0.665. The molecule has 1 saturated carbocycles. The Kier molecular flexibility index (Phi) is 2.97. The number of nitrogen functional groups attached to an aromatic ring is 1. The van der Waals surface area contributed by atoms with Gasteiger partial charge < -0.3 is 20.9 Å². The van der Waals surface area contributed by atoms with Gasteiger partial charge in [0.05, 0.1) is 5.69 Å². The Labute approximate surface area is 151 Å². The number of nitrogens with one attached hydrogen (secondary N) is 1. The Morgan fingerprint density at radius 1 is 1.00 bits per heavy atom. The quantitative estimate of drug-likeness (QED) is 0.834. The Morgan fingerprint density at radius 2 is 1.85 bits per heavy atom. The van der Waals surface area contributed by atoms with Crippen molar-refractivity contribution in [1.82, 2.24) is 25.3 Å². The number of aromatic nitrogens is 4. The van der Waals surface area contributed by atoms with E-state index in [1.807, 2.05) is 0 Å². The number of rotatable bonds is 3. The monoisotopic (exact) mass is 350 g/mol. The largest absolute Gasteiger partial charge is 0.368 e. The van der Waals surface area contributed by atoms with Gasteiger partial charge in [-0.25, -0.2) is 15.0 Å². The molecule has 134 valence electrons. The van der Waals surface area contributed by atoms with E-state index in [1.165, 1.54) is 19.3 Å². The summed E-state index contributed by atoms with van der Waals surface area (Å²) >= 11 is 0. The molecule has 26 heavy (non-hydrogen) atoms. The maximum absolute atomic E-state index is 5.65. The highest BCUT2D eigenvalue weighted by Gasteiger charge is 2.44. The first-order valence-corrected chi connectivity index (χ1v) is 9.46. The van der Waals surface area contributed by atoms with E-state index in [9.17, 15) is 0 Å². The molecule has 5 aliphatic rings. The lowest BCUT2D eigenvalue weighted by Gasteiger charge is -2.30. The Hall–Kier alpha value is -2.48. The van der Waals surface area contributed by atoms with E-state index in [2.05, 4.69) is 31.2 Å². The van der Waals surface area contributed by atoms with Gasteiger partial charge in [-0.1, -0.05) is 0 Å². The second-order valence-electron chi connectivity index (χ2n) is 8.03. The molecule has 8 heteroatoms. The lowest BCUT2D eigenvalue weighted by molar-refractivity contribution is 0.380. The number of hydrogen-bond acceptors (Lipinski definition) is 8. The van der Waals surface area contributed by atoms with Crippen LogP contribution in [0.2, 0.25) is 0 Å². The highest BCUT2D eigenvalue weighted by Crippen LogP contribution is 2.43. The van der Waals surface area contributed by atoms with Crippen LogP contribution in [0.5, 0.6) is 0 Å². The van der Waals surface area contributed by atoms with Crippen molar-refractivity contribution in [2.45, 2.75) is 37.4 Å². The van der Waals surface area contributed by atoms with Gasteiger partial charge in [-0.2, -0.15) is 4.98 Å². The molecule has 4 bridgehead atoms. The number of hydrogen-bond donors (Lipinski definition) is 2. The standard InChI is InChI=1S/C18H22N8/c19-17-21-5-11(6-22-17)15-4-16(25-9-12-3-14(25)7-20-12)24-18(23-15)26-8-10-1-13(26)2-10/h4-6,10,12-14,20H,1-3,7-9H2,(H2,19,21,22). The van der Waals surface area contributed by atoms with Crippen LogP contribution in [0.15, 0.2) is 18.5 Å². The van der Waals surface area contributed by atoms with Crippen LogP contribution in [0.3, 0.4) is 0 Å². The van der Waals surface area contributed by atoms with Crippen molar-refractivity contribution in [3.8, 4) is 11.3 Å². The fourth-order valence-electron chi connectivity index (χ4n) is 4.93. The van der Waals surface area contributed by atoms with E-state index in [0.717, 1.165) is 48.6 Å². The summed E-state index contributed by atoms with van der Waals surface area (Å²) in [5, 5.41) is 3.56. The number of nitrogens with zero attached hydrogens (tertiary/aromatic N) is 6. The van der Waals surface area contributed by atoms with Crippen molar-refractivity contribution in [3.63, 3.8) is 0 Å². The van der Waals surface area contributed by atoms with Crippen LogP contribution in [0.4, 0.5) is 17.7 Å². The molecule has 4 saturated heterocycles. The summed E-state index contributed by atoms with van der Waals surface area (Å²) in [6, 6.07) is 3.81. The van der Waals surface area contributed by atoms with Crippen molar-refractivity contribution < 1.29 is 0 Å². The van der Waals surface area contributed by atoms with Gasteiger partial charge in [0.1, 0.15) is 5.82 Å². The minimum absolute atomic E-state index is 0.284. The van der Waals surface area contributed by atoms with Crippen LogP contribution >= 0.6 is 0 Å². The van der Waals surface area contributed by atoms with Crippen molar-refractivity contribution in [1.29, 1.82) is 0 Å². The SMILES string of the molecule is Nc1ncc(-c2cc(N3CC4CC3CN4)nc(N3CC4CC3C4)n2)cn1. The molecular formula is C18H22N8. The number of piperazine rings is 1. The third-order valence-electron chi connectivity index (χ3n) is 6.38. The van der Waals surface area contributed by atoms with Gasteiger partial charge in [0, 0.05) is 61.8 Å². The van der Waals surface area contributed by atoms with Crippen molar-refractivity contribution in [3.05, 3.63) is 18.5 Å². The highest BCUT2D eigenvalue weighted by molar-refractivity contribution is 5.65. The average molecular weight is 350 g/mol. The summed E-state index contributed by atoms with van der Waals surface area (Å²) < 4.78 is 0. The fraction of sp³-hybridized carbons (Fsp3) is 0.556. The average Bonchev–Trinajstić information content (AvgIpc) is 3.41. The van der Waals surface area contributed by atoms with Gasteiger partial charge in [0.25, 0.3) is 0 Å². The van der Waals surface area contributed by atoms with E-state index in [4.69, 9.17) is 15.7 Å². The Morgan fingerprint density at radius 3 is 2.50 bits per heavy atom. The molecule has 4 aliphatic heterocycles. The molecule has 6 heterocycles. The minimum Gasteiger partial charge on any atom is -0.368 e. The number of nitrogens with two attached hydrogens (primary N) is 1. The Balaban J connectivity index is 1.43. The molecule has 2 unspecified atom stereocenters. The topological polar surface area (TPSA) is 96.1 Å². The summed E-state index contributed by atoms with van der Waals surface area (Å²) in [6.45, 7) is 3.14. The molecule has 7 rings (SSSR count). The predicted molar refractivity (Wildman–Crippen MR) is 98.9 cm³/mol. The van der Waals surface area contributed by atoms with Gasteiger partial charge in [-0.3, -0.25) is 0 Å². The van der Waals surface area contributed by atoms with Gasteiger partial charge >= 0.3 is 0 Å². The zero-order chi connectivity index (χ0) is 17.3. The van der Waals surface area contributed by atoms with Crippen LogP contribution in [0, 0.1) is 5.92 Å². The van der Waals surface area contributed by atoms with Crippen molar-refractivity contribution >= 4 is 17.7 Å². The zero-order valence-corrected chi connectivity index (χ0v) is 14.5. The van der Waals surface area contributed by atoms with Crippen LogP contribution in [-0.2, 0) is 0 Å². The number of anilines is 3. The minimum atomic E-state index is 0.284. The number of fused-ring (bicyclic) bond motifs is 3. The molecule has 2 aromatic heterocycles. The van der Waals surface area contributed by atoms with Gasteiger partial charge in [0.15, 0.2) is 0 Å². The second-order valence-corrected chi connectivity index (χ2v) is 8.03. The summed E-state index contributed by atoms with van der Waals surface area (Å²) in [4.78, 5) is 23.0. The molecule has 3 N–H and O–H groups in total. The van der Waals surface area contributed by atoms with E-state index < -0.39 is 0 Å². The van der Waals surface area contributed by atoms with Crippen molar-refractivity contribution in [2.75, 3.05) is 35.2 Å². The van der Waals surface area contributed by atoms with E-state index in [0.29, 0.717) is 18.1 Å². The molecule has 0 aromatic carbocycles. The molecule has 2 aromatic rings. The van der Waals surface area contributed by atoms with Crippen LogP contribution in [0.25, 0.3) is 11.3 Å². The smallest absolute Gasteiger partial charge is 0.228 e. The second kappa shape index (κ2) is 5.26. The van der Waals surface area contributed by atoms with Gasteiger partial charge in [-0.05, 0) is 25.2 Å². The van der Waals surface area contributed by atoms with Crippen LogP contribution < -0.4 is 20.9 Å². The highest BCUT2D eigenvalue weighted by atomic mass is 15.4. The molecule has 5 fully saturated rings. The summed E-state index contributed by atoms with van der Waals surface area (Å²) in [5.41, 5.74) is 7.42. The van der Waals surface area contributed by atoms with Gasteiger partial charge in [-0.15, -0.1) is 0 Å². The summed E-state index contributed by atoms with van der Waals surface area (Å²) in [5.74, 6) is 2.99. The normalized spacial score (nSPS) is 31.5. The van der Waals surface area contributed by atoms with Crippen LogP contribution in [-0.4, -0.2) is 57.7 Å². The lowest BCUT2D eigenvalue weighted by atomic mass is 9.86. The zero-order valence-electron chi connectivity index (χ0n) is 14.5. The molecule has 0 amide bonds. The van der Waals surface area contributed by atoms with Gasteiger partial charge in [0.2, 0.25) is 11.9 Å². The maximum Gasteiger partial charge on any atom is 0.228 e. The van der Waals surface area contributed by atoms with E-state index in [-0.39, 0.29) is 5.95 Å². The van der Waals surface area contributed by atoms with Crippen molar-refractivity contribution in [2.24, 2.45) is 5.92 Å². The molecule has 1 aliphatic carbocycles. The van der Waals surface area contributed by atoms with E-state index >= 15 is 0 Å². The van der Waals surface area contributed by atoms with E-state index in [1.54, 1.807) is 12.4 Å². The Bertz CT molecular complexity index is 847. The lowest BCUT2D eigenvalue weighted by Crippen LogP contribution is -2.44. The molecule has 0 spiro atoms. The summed E-state index contributed by atoms with van der Waals surface area (Å²) in [6.07, 6.45) is 7.27. The molecular weight excluding hydrogens is 328 g/mol. The first-order chi connectivity index (χ1) is 12.7. The molecule has 8 nitrogen and oxygen atoms in total. The fourth-order valence-corrected chi connectivity index (χ4v) is 4.93.